The van der Waals surface area contributed by atoms with Gasteiger partial charge in [-0.25, -0.2) is 9.07 Å². The highest BCUT2D eigenvalue weighted by atomic mass is 19.1. The van der Waals surface area contributed by atoms with E-state index in [1.807, 2.05) is 18.9 Å². The van der Waals surface area contributed by atoms with Crippen molar-refractivity contribution in [3.05, 3.63) is 41.5 Å². The van der Waals surface area contributed by atoms with E-state index in [0.29, 0.717) is 31.8 Å². The van der Waals surface area contributed by atoms with E-state index in [1.54, 1.807) is 16.8 Å². The average Bonchev–Trinajstić information content (AvgIpc) is 2.90. The SMILES string of the molecule is Cc1nc(N2CC[C@H](O)[C@@](CO)(Cc3ccc(F)cc3)C2)n(C)n1. The second-order valence-corrected chi connectivity index (χ2v) is 6.63. The topological polar surface area (TPSA) is 74.4 Å². The lowest BCUT2D eigenvalue weighted by molar-refractivity contribution is -0.0295. The van der Waals surface area contributed by atoms with Crippen molar-refractivity contribution in [2.45, 2.75) is 25.9 Å². The van der Waals surface area contributed by atoms with E-state index < -0.39 is 11.5 Å². The van der Waals surface area contributed by atoms with Crippen LogP contribution in [0.15, 0.2) is 24.3 Å². The zero-order valence-electron chi connectivity index (χ0n) is 14.0. The molecule has 1 fully saturated rings. The Balaban J connectivity index is 1.86. The summed E-state index contributed by atoms with van der Waals surface area (Å²) in [4.78, 5) is 6.49. The summed E-state index contributed by atoms with van der Waals surface area (Å²) in [6.07, 6.45) is 0.379. The van der Waals surface area contributed by atoms with E-state index in [1.165, 1.54) is 12.1 Å². The number of aliphatic hydroxyl groups is 2. The van der Waals surface area contributed by atoms with Crippen molar-refractivity contribution >= 4 is 5.95 Å². The van der Waals surface area contributed by atoms with Crippen LogP contribution in [0, 0.1) is 18.2 Å². The molecule has 130 valence electrons. The van der Waals surface area contributed by atoms with E-state index in [-0.39, 0.29) is 12.4 Å². The van der Waals surface area contributed by atoms with Crippen LogP contribution >= 0.6 is 0 Å². The molecule has 1 aromatic heterocycles. The number of nitrogens with zero attached hydrogens (tertiary/aromatic N) is 4. The maximum atomic E-state index is 13.1. The zero-order chi connectivity index (χ0) is 17.3. The molecule has 0 unspecified atom stereocenters. The van der Waals surface area contributed by atoms with Gasteiger partial charge >= 0.3 is 0 Å². The van der Waals surface area contributed by atoms with Gasteiger partial charge in [0.05, 0.1) is 12.7 Å². The molecule has 2 N–H and O–H groups in total. The van der Waals surface area contributed by atoms with Gasteiger partial charge in [-0.1, -0.05) is 12.1 Å². The van der Waals surface area contributed by atoms with Crippen LogP contribution in [0.4, 0.5) is 10.3 Å². The van der Waals surface area contributed by atoms with Gasteiger partial charge < -0.3 is 15.1 Å². The van der Waals surface area contributed by atoms with Crippen molar-refractivity contribution < 1.29 is 14.6 Å². The summed E-state index contributed by atoms with van der Waals surface area (Å²) in [5.74, 6) is 1.13. The summed E-state index contributed by atoms with van der Waals surface area (Å²) in [6, 6.07) is 6.20. The molecule has 0 radical (unpaired) electrons. The van der Waals surface area contributed by atoms with Crippen molar-refractivity contribution in [2.24, 2.45) is 12.5 Å². The Morgan fingerprint density at radius 1 is 1.33 bits per heavy atom. The molecule has 0 amide bonds. The third-order valence-corrected chi connectivity index (χ3v) is 4.80. The van der Waals surface area contributed by atoms with Gasteiger partial charge in [-0.3, -0.25) is 0 Å². The molecule has 0 bridgehead atoms. The number of hydrogen-bond acceptors (Lipinski definition) is 5. The Morgan fingerprint density at radius 2 is 2.04 bits per heavy atom. The number of piperidine rings is 1. The fraction of sp³-hybridized carbons (Fsp3) is 0.529. The van der Waals surface area contributed by atoms with Gasteiger partial charge in [0.15, 0.2) is 0 Å². The first-order chi connectivity index (χ1) is 11.4. The monoisotopic (exact) mass is 334 g/mol. The first-order valence-corrected chi connectivity index (χ1v) is 8.09. The molecule has 2 atom stereocenters. The second kappa shape index (κ2) is 6.49. The summed E-state index contributed by atoms with van der Waals surface area (Å²) in [6.45, 7) is 2.80. The molecule has 0 aliphatic carbocycles. The normalized spacial score (nSPS) is 24.4. The molecule has 24 heavy (non-hydrogen) atoms. The van der Waals surface area contributed by atoms with Crippen LogP contribution in [0.2, 0.25) is 0 Å². The molecular weight excluding hydrogens is 311 g/mol. The minimum atomic E-state index is -0.712. The lowest BCUT2D eigenvalue weighted by Gasteiger charge is -2.45. The minimum absolute atomic E-state index is 0.154. The predicted octanol–water partition coefficient (Wildman–Crippen LogP) is 1.06. The maximum absolute atomic E-state index is 13.1. The molecule has 0 spiro atoms. The quantitative estimate of drug-likeness (QED) is 0.874. The van der Waals surface area contributed by atoms with Gasteiger partial charge in [-0.15, -0.1) is 0 Å². The van der Waals surface area contributed by atoms with E-state index in [9.17, 15) is 14.6 Å². The molecule has 1 saturated heterocycles. The molecule has 1 aliphatic heterocycles. The van der Waals surface area contributed by atoms with Crippen molar-refractivity contribution in [1.29, 1.82) is 0 Å². The van der Waals surface area contributed by atoms with Crippen LogP contribution in [0.1, 0.15) is 17.8 Å². The maximum Gasteiger partial charge on any atom is 0.223 e. The van der Waals surface area contributed by atoms with E-state index in [2.05, 4.69) is 10.1 Å². The van der Waals surface area contributed by atoms with Gasteiger partial charge in [0.2, 0.25) is 5.95 Å². The summed E-state index contributed by atoms with van der Waals surface area (Å²) in [7, 11) is 1.83. The summed E-state index contributed by atoms with van der Waals surface area (Å²) in [5.41, 5.74) is 0.177. The van der Waals surface area contributed by atoms with Gasteiger partial charge in [-0.2, -0.15) is 10.1 Å². The van der Waals surface area contributed by atoms with E-state index >= 15 is 0 Å². The van der Waals surface area contributed by atoms with Crippen molar-refractivity contribution in [1.82, 2.24) is 14.8 Å². The lowest BCUT2D eigenvalue weighted by atomic mass is 9.73. The Kier molecular flexibility index (Phi) is 4.56. The molecule has 6 nitrogen and oxygen atoms in total. The third-order valence-electron chi connectivity index (χ3n) is 4.80. The fourth-order valence-corrected chi connectivity index (χ4v) is 3.49. The molecule has 7 heteroatoms. The van der Waals surface area contributed by atoms with Gasteiger partial charge in [0.1, 0.15) is 11.6 Å². The van der Waals surface area contributed by atoms with Gasteiger partial charge in [0.25, 0.3) is 0 Å². The molecule has 1 aromatic carbocycles. The summed E-state index contributed by atoms with van der Waals surface area (Å²) < 4.78 is 14.8. The average molecular weight is 334 g/mol. The van der Waals surface area contributed by atoms with Crippen molar-refractivity contribution in [2.75, 3.05) is 24.6 Å². The van der Waals surface area contributed by atoms with Crippen LogP contribution in [-0.4, -0.2) is 50.8 Å². The number of halogens is 1. The highest BCUT2D eigenvalue weighted by Gasteiger charge is 2.43. The minimum Gasteiger partial charge on any atom is -0.396 e. The fourth-order valence-electron chi connectivity index (χ4n) is 3.49. The first kappa shape index (κ1) is 16.9. The second-order valence-electron chi connectivity index (χ2n) is 6.63. The Hall–Kier alpha value is -1.99. The van der Waals surface area contributed by atoms with E-state index in [4.69, 9.17) is 0 Å². The van der Waals surface area contributed by atoms with Crippen LogP contribution in [-0.2, 0) is 13.5 Å². The van der Waals surface area contributed by atoms with Gasteiger partial charge in [0, 0.05) is 25.6 Å². The van der Waals surface area contributed by atoms with E-state index in [0.717, 1.165) is 11.5 Å². The zero-order valence-corrected chi connectivity index (χ0v) is 14.0. The number of benzene rings is 1. The lowest BCUT2D eigenvalue weighted by Crippen LogP contribution is -2.55. The number of hydrogen-bond donors (Lipinski definition) is 2. The largest absolute Gasteiger partial charge is 0.396 e. The summed E-state index contributed by atoms with van der Waals surface area (Å²) in [5, 5.41) is 24.9. The molecular formula is C17H23FN4O2. The standard InChI is InChI=1S/C17H23FN4O2/c1-12-19-16(21(2)20-12)22-8-7-15(24)17(10-22,11-23)9-13-3-5-14(18)6-4-13/h3-6,15,23-24H,7-11H2,1-2H3/t15-,17-/m0/s1. The molecule has 1 aliphatic rings. The molecule has 2 aromatic rings. The Bertz CT molecular complexity index is 703. The van der Waals surface area contributed by atoms with Crippen LogP contribution in [0.3, 0.4) is 0 Å². The smallest absolute Gasteiger partial charge is 0.223 e. The number of anilines is 1. The number of aromatic nitrogens is 3. The number of aryl methyl sites for hydroxylation is 2. The van der Waals surface area contributed by atoms with Crippen LogP contribution < -0.4 is 4.90 Å². The van der Waals surface area contributed by atoms with Crippen molar-refractivity contribution in [3.8, 4) is 0 Å². The first-order valence-electron chi connectivity index (χ1n) is 8.09. The third kappa shape index (κ3) is 3.14. The predicted molar refractivity (Wildman–Crippen MR) is 88.2 cm³/mol. The van der Waals surface area contributed by atoms with Crippen LogP contribution in [0.25, 0.3) is 0 Å². The van der Waals surface area contributed by atoms with Crippen LogP contribution in [0.5, 0.6) is 0 Å². The highest BCUT2D eigenvalue weighted by Crippen LogP contribution is 2.35. The molecule has 0 saturated carbocycles. The molecule has 3 rings (SSSR count). The number of rotatable bonds is 4. The highest BCUT2D eigenvalue weighted by molar-refractivity contribution is 5.33. The summed E-state index contributed by atoms with van der Waals surface area (Å²) >= 11 is 0. The Labute approximate surface area is 140 Å². The molecule has 2 heterocycles. The Morgan fingerprint density at radius 3 is 2.62 bits per heavy atom. The number of aliphatic hydroxyl groups excluding tert-OH is 2. The van der Waals surface area contributed by atoms with Crippen molar-refractivity contribution in [3.63, 3.8) is 0 Å². The van der Waals surface area contributed by atoms with Gasteiger partial charge in [-0.05, 0) is 37.5 Å².